The first-order chi connectivity index (χ1) is 13.1. The Kier molecular flexibility index (Phi) is 4.53. The molecule has 3 heterocycles. The molecular formula is C19H19FN6O. The normalized spacial score (nSPS) is 13.8. The second-order valence-electron chi connectivity index (χ2n) is 6.48. The molecule has 0 aliphatic carbocycles. The quantitative estimate of drug-likeness (QED) is 0.768. The second-order valence-corrected chi connectivity index (χ2v) is 6.48. The van der Waals surface area contributed by atoms with Gasteiger partial charge in [0.2, 0.25) is 0 Å². The van der Waals surface area contributed by atoms with E-state index in [1.54, 1.807) is 30.5 Å². The van der Waals surface area contributed by atoms with Crippen LogP contribution in [0.1, 0.15) is 28.9 Å². The van der Waals surface area contributed by atoms with Gasteiger partial charge in [-0.05, 0) is 50.1 Å². The van der Waals surface area contributed by atoms with Crippen LogP contribution in [0.3, 0.4) is 0 Å². The Morgan fingerprint density at radius 1 is 1.11 bits per heavy atom. The molecule has 1 N–H and O–H groups in total. The number of rotatable bonds is 4. The molecule has 4 rings (SSSR count). The van der Waals surface area contributed by atoms with Gasteiger partial charge in [0.05, 0.1) is 17.6 Å². The van der Waals surface area contributed by atoms with Gasteiger partial charge in [0, 0.05) is 24.7 Å². The maximum absolute atomic E-state index is 14.5. The van der Waals surface area contributed by atoms with Gasteiger partial charge in [-0.15, -0.1) is 5.10 Å². The van der Waals surface area contributed by atoms with Crippen LogP contribution in [0, 0.1) is 12.7 Å². The lowest BCUT2D eigenvalue weighted by molar-refractivity contribution is 0.102. The predicted molar refractivity (Wildman–Crippen MR) is 99.7 cm³/mol. The summed E-state index contributed by atoms with van der Waals surface area (Å²) in [6, 6.07) is 9.79. The molecule has 1 aromatic carbocycles. The molecule has 1 aliphatic heterocycles. The zero-order valence-electron chi connectivity index (χ0n) is 14.9. The Labute approximate surface area is 155 Å². The molecule has 1 aliphatic rings. The van der Waals surface area contributed by atoms with Gasteiger partial charge in [-0.3, -0.25) is 4.79 Å². The number of halogens is 1. The van der Waals surface area contributed by atoms with E-state index in [-0.39, 0.29) is 11.4 Å². The molecule has 0 radical (unpaired) electrons. The van der Waals surface area contributed by atoms with Crippen LogP contribution < -0.4 is 10.2 Å². The van der Waals surface area contributed by atoms with Crippen molar-refractivity contribution in [3.63, 3.8) is 0 Å². The standard InChI is InChI=1S/C19H19FN6O/c1-13-4-7-18(24-23-13)26-17(8-9-21-26)22-19(27)14-5-6-16(15(20)12-14)25-10-2-3-11-25/h4-9,12H,2-3,10-11H2,1H3,(H,22,27). The van der Waals surface area contributed by atoms with Crippen LogP contribution in [-0.4, -0.2) is 39.0 Å². The van der Waals surface area contributed by atoms with Crippen molar-refractivity contribution in [2.45, 2.75) is 19.8 Å². The van der Waals surface area contributed by atoms with Crippen molar-refractivity contribution in [3.8, 4) is 5.82 Å². The van der Waals surface area contributed by atoms with Gasteiger partial charge in [0.1, 0.15) is 11.6 Å². The first-order valence-electron chi connectivity index (χ1n) is 8.82. The fourth-order valence-corrected chi connectivity index (χ4v) is 3.14. The number of benzene rings is 1. The zero-order chi connectivity index (χ0) is 18.8. The third-order valence-corrected chi connectivity index (χ3v) is 4.54. The number of nitrogens with one attached hydrogen (secondary N) is 1. The van der Waals surface area contributed by atoms with Crippen molar-refractivity contribution in [2.24, 2.45) is 0 Å². The summed E-state index contributed by atoms with van der Waals surface area (Å²) in [6.07, 6.45) is 3.68. The minimum absolute atomic E-state index is 0.248. The van der Waals surface area contributed by atoms with Crippen LogP contribution in [0.25, 0.3) is 5.82 Å². The highest BCUT2D eigenvalue weighted by atomic mass is 19.1. The molecule has 1 amide bonds. The summed E-state index contributed by atoms with van der Waals surface area (Å²) >= 11 is 0. The fourth-order valence-electron chi connectivity index (χ4n) is 3.14. The Hall–Kier alpha value is -3.29. The summed E-state index contributed by atoms with van der Waals surface area (Å²) in [5.74, 6) is 0.116. The van der Waals surface area contributed by atoms with E-state index in [1.165, 1.54) is 10.7 Å². The monoisotopic (exact) mass is 366 g/mol. The number of aryl methyl sites for hydroxylation is 1. The van der Waals surface area contributed by atoms with Crippen LogP contribution in [-0.2, 0) is 0 Å². The van der Waals surface area contributed by atoms with E-state index in [2.05, 4.69) is 20.6 Å². The number of hydrogen-bond acceptors (Lipinski definition) is 5. The minimum atomic E-state index is -0.413. The van der Waals surface area contributed by atoms with Gasteiger partial charge in [-0.1, -0.05) is 0 Å². The second kappa shape index (κ2) is 7.14. The Bertz CT molecular complexity index is 963. The van der Waals surface area contributed by atoms with E-state index in [4.69, 9.17) is 0 Å². The highest BCUT2D eigenvalue weighted by molar-refractivity contribution is 6.04. The zero-order valence-corrected chi connectivity index (χ0v) is 14.9. The summed E-state index contributed by atoms with van der Waals surface area (Å²) in [5.41, 5.74) is 1.58. The van der Waals surface area contributed by atoms with Crippen molar-refractivity contribution < 1.29 is 9.18 Å². The third-order valence-electron chi connectivity index (χ3n) is 4.54. The number of hydrogen-bond donors (Lipinski definition) is 1. The summed E-state index contributed by atoms with van der Waals surface area (Å²) < 4.78 is 15.9. The van der Waals surface area contributed by atoms with Crippen molar-refractivity contribution in [2.75, 3.05) is 23.3 Å². The number of amides is 1. The minimum Gasteiger partial charge on any atom is -0.369 e. The van der Waals surface area contributed by atoms with Crippen LogP contribution in [0.5, 0.6) is 0 Å². The number of aromatic nitrogens is 4. The average Bonchev–Trinajstić information content (AvgIpc) is 3.34. The van der Waals surface area contributed by atoms with Gasteiger partial charge in [-0.2, -0.15) is 14.9 Å². The smallest absolute Gasteiger partial charge is 0.256 e. The summed E-state index contributed by atoms with van der Waals surface area (Å²) in [4.78, 5) is 14.6. The Morgan fingerprint density at radius 3 is 2.63 bits per heavy atom. The lowest BCUT2D eigenvalue weighted by atomic mass is 10.1. The van der Waals surface area contributed by atoms with Crippen molar-refractivity contribution >= 4 is 17.4 Å². The van der Waals surface area contributed by atoms with Gasteiger partial charge in [0.25, 0.3) is 5.91 Å². The lowest BCUT2D eigenvalue weighted by Crippen LogP contribution is -2.20. The number of carbonyl (C=O) groups excluding carboxylic acids is 1. The summed E-state index contributed by atoms with van der Waals surface area (Å²) in [7, 11) is 0. The van der Waals surface area contributed by atoms with E-state index >= 15 is 0 Å². The highest BCUT2D eigenvalue weighted by Crippen LogP contribution is 2.25. The molecule has 0 bridgehead atoms. The van der Waals surface area contributed by atoms with E-state index in [0.29, 0.717) is 17.3 Å². The maximum atomic E-state index is 14.5. The van der Waals surface area contributed by atoms with Crippen LogP contribution in [0.15, 0.2) is 42.6 Å². The summed E-state index contributed by atoms with van der Waals surface area (Å²) in [5, 5.41) is 15.0. The molecular weight excluding hydrogens is 347 g/mol. The first-order valence-corrected chi connectivity index (χ1v) is 8.82. The van der Waals surface area contributed by atoms with Crippen LogP contribution in [0.2, 0.25) is 0 Å². The molecule has 8 heteroatoms. The topological polar surface area (TPSA) is 75.9 Å². The van der Waals surface area contributed by atoms with Gasteiger partial charge in [0.15, 0.2) is 5.82 Å². The molecule has 3 aromatic rings. The molecule has 0 spiro atoms. The molecule has 138 valence electrons. The van der Waals surface area contributed by atoms with E-state index in [0.717, 1.165) is 31.6 Å². The van der Waals surface area contributed by atoms with Crippen LogP contribution >= 0.6 is 0 Å². The number of carbonyl (C=O) groups is 1. The van der Waals surface area contributed by atoms with Gasteiger partial charge < -0.3 is 10.2 Å². The first kappa shape index (κ1) is 17.1. The largest absolute Gasteiger partial charge is 0.369 e. The maximum Gasteiger partial charge on any atom is 0.256 e. The Balaban J connectivity index is 1.54. The molecule has 1 fully saturated rings. The molecule has 27 heavy (non-hydrogen) atoms. The van der Waals surface area contributed by atoms with Crippen molar-refractivity contribution in [1.29, 1.82) is 0 Å². The average molecular weight is 366 g/mol. The molecule has 7 nitrogen and oxygen atoms in total. The van der Waals surface area contributed by atoms with E-state index in [1.807, 2.05) is 17.9 Å². The van der Waals surface area contributed by atoms with Crippen molar-refractivity contribution in [3.05, 3.63) is 59.7 Å². The highest BCUT2D eigenvalue weighted by Gasteiger charge is 2.18. The molecule has 1 saturated heterocycles. The van der Waals surface area contributed by atoms with Gasteiger partial charge >= 0.3 is 0 Å². The van der Waals surface area contributed by atoms with E-state index in [9.17, 15) is 9.18 Å². The summed E-state index contributed by atoms with van der Waals surface area (Å²) in [6.45, 7) is 3.53. The predicted octanol–water partition coefficient (Wildman–Crippen LogP) is 2.96. The Morgan fingerprint density at radius 2 is 1.93 bits per heavy atom. The third kappa shape index (κ3) is 3.51. The van der Waals surface area contributed by atoms with Gasteiger partial charge in [-0.25, -0.2) is 4.39 Å². The van der Waals surface area contributed by atoms with Crippen molar-refractivity contribution in [1.82, 2.24) is 20.0 Å². The number of anilines is 2. The molecule has 0 unspecified atom stereocenters. The molecule has 2 aromatic heterocycles. The van der Waals surface area contributed by atoms with E-state index < -0.39 is 5.91 Å². The fraction of sp³-hybridized carbons (Fsp3) is 0.263. The lowest BCUT2D eigenvalue weighted by Gasteiger charge is -2.18. The SMILES string of the molecule is Cc1ccc(-n2nccc2NC(=O)c2ccc(N3CCCC3)c(F)c2)nn1. The van der Waals surface area contributed by atoms with Crippen LogP contribution in [0.4, 0.5) is 15.9 Å². The molecule has 0 saturated carbocycles. The molecule has 0 atom stereocenters. The number of nitrogens with zero attached hydrogens (tertiary/aromatic N) is 5.